The van der Waals surface area contributed by atoms with Crippen LogP contribution in [0.25, 0.3) is 0 Å². The minimum absolute atomic E-state index is 0.230. The molecule has 2 fully saturated rings. The fourth-order valence-corrected chi connectivity index (χ4v) is 3.21. The molecule has 1 aromatic rings. The Morgan fingerprint density at radius 2 is 2.44 bits per heavy atom. The van der Waals surface area contributed by atoms with Gasteiger partial charge in [-0.3, -0.25) is 9.58 Å². The highest BCUT2D eigenvalue weighted by atomic mass is 16.5. The highest BCUT2D eigenvalue weighted by Crippen LogP contribution is 2.28. The molecule has 1 N–H and O–H groups in total. The molecule has 0 aliphatic carbocycles. The predicted octanol–water partition coefficient (Wildman–Crippen LogP) is 0.544. The Morgan fingerprint density at radius 1 is 1.56 bits per heavy atom. The lowest BCUT2D eigenvalue weighted by atomic mass is 10.0. The van der Waals surface area contributed by atoms with Crippen molar-refractivity contribution in [1.82, 2.24) is 20.0 Å². The Morgan fingerprint density at radius 3 is 3.17 bits per heavy atom. The van der Waals surface area contributed by atoms with Crippen LogP contribution in [0, 0.1) is 0 Å². The molecular weight excluding hydrogens is 228 g/mol. The zero-order chi connectivity index (χ0) is 12.5. The molecule has 1 aromatic heterocycles. The van der Waals surface area contributed by atoms with Crippen molar-refractivity contribution < 1.29 is 4.74 Å². The van der Waals surface area contributed by atoms with Gasteiger partial charge in [0.15, 0.2) is 0 Å². The van der Waals surface area contributed by atoms with E-state index in [0.29, 0.717) is 6.04 Å². The predicted molar refractivity (Wildman–Crippen MR) is 69.3 cm³/mol. The Kier molecular flexibility index (Phi) is 3.37. The largest absolute Gasteiger partial charge is 0.373 e. The Balaban J connectivity index is 1.72. The van der Waals surface area contributed by atoms with Gasteiger partial charge in [-0.05, 0) is 26.4 Å². The lowest BCUT2D eigenvalue weighted by molar-refractivity contribution is -0.0642. The molecule has 3 heterocycles. The van der Waals surface area contributed by atoms with Crippen LogP contribution in [-0.4, -0.2) is 53.6 Å². The Bertz CT molecular complexity index is 405. The molecule has 0 amide bonds. The summed E-state index contributed by atoms with van der Waals surface area (Å²) < 4.78 is 7.92. The standard InChI is InChI=1S/C13H22N4O/c1-14-13(10-6-15-16(2)7-10)12-8-17-5-3-4-11(17)9-18-12/h6-7,11-14H,3-5,8-9H2,1-2H3. The fourth-order valence-electron chi connectivity index (χ4n) is 3.21. The second-order valence-corrected chi connectivity index (χ2v) is 5.38. The van der Waals surface area contributed by atoms with Gasteiger partial charge in [-0.1, -0.05) is 0 Å². The Labute approximate surface area is 108 Å². The number of aryl methyl sites for hydroxylation is 1. The number of likely N-dealkylation sites (N-methyl/N-ethyl adjacent to an activating group) is 1. The molecule has 0 saturated carbocycles. The summed E-state index contributed by atoms with van der Waals surface area (Å²) >= 11 is 0. The van der Waals surface area contributed by atoms with Gasteiger partial charge >= 0.3 is 0 Å². The van der Waals surface area contributed by atoms with E-state index in [0.717, 1.165) is 13.2 Å². The van der Waals surface area contributed by atoms with Crippen molar-refractivity contribution in [3.63, 3.8) is 0 Å². The number of hydrogen-bond acceptors (Lipinski definition) is 4. The third kappa shape index (κ3) is 2.18. The molecule has 5 nitrogen and oxygen atoms in total. The maximum absolute atomic E-state index is 6.07. The topological polar surface area (TPSA) is 42.3 Å². The summed E-state index contributed by atoms with van der Waals surface area (Å²) in [6.45, 7) is 3.14. The molecule has 3 atom stereocenters. The van der Waals surface area contributed by atoms with Gasteiger partial charge in [0.2, 0.25) is 0 Å². The number of rotatable bonds is 3. The van der Waals surface area contributed by atoms with Crippen molar-refractivity contribution >= 4 is 0 Å². The zero-order valence-corrected chi connectivity index (χ0v) is 11.2. The molecule has 2 aliphatic rings. The van der Waals surface area contributed by atoms with Crippen molar-refractivity contribution in [2.45, 2.75) is 31.0 Å². The van der Waals surface area contributed by atoms with Gasteiger partial charge in [0, 0.05) is 31.4 Å². The maximum Gasteiger partial charge on any atom is 0.0898 e. The van der Waals surface area contributed by atoms with Crippen LogP contribution in [0.3, 0.4) is 0 Å². The number of fused-ring (bicyclic) bond motifs is 1. The third-order valence-electron chi connectivity index (χ3n) is 4.18. The average molecular weight is 250 g/mol. The van der Waals surface area contributed by atoms with E-state index in [4.69, 9.17) is 4.74 Å². The van der Waals surface area contributed by atoms with Crippen LogP contribution >= 0.6 is 0 Å². The van der Waals surface area contributed by atoms with Crippen molar-refractivity contribution in [1.29, 1.82) is 0 Å². The van der Waals surface area contributed by atoms with Crippen molar-refractivity contribution in [3.8, 4) is 0 Å². The van der Waals surface area contributed by atoms with Gasteiger partial charge in [-0.25, -0.2) is 0 Å². The number of hydrogen-bond donors (Lipinski definition) is 1. The van der Waals surface area contributed by atoms with Gasteiger partial charge in [-0.15, -0.1) is 0 Å². The molecule has 0 bridgehead atoms. The van der Waals surface area contributed by atoms with Crippen LogP contribution in [0.4, 0.5) is 0 Å². The summed E-state index contributed by atoms with van der Waals surface area (Å²) in [5.41, 5.74) is 1.21. The van der Waals surface area contributed by atoms with Crippen LogP contribution in [0.2, 0.25) is 0 Å². The smallest absolute Gasteiger partial charge is 0.0898 e. The second kappa shape index (κ2) is 4.99. The first-order chi connectivity index (χ1) is 8.78. The monoisotopic (exact) mass is 250 g/mol. The van der Waals surface area contributed by atoms with Crippen LogP contribution < -0.4 is 5.32 Å². The van der Waals surface area contributed by atoms with E-state index >= 15 is 0 Å². The molecule has 2 aliphatic heterocycles. The molecule has 0 spiro atoms. The van der Waals surface area contributed by atoms with Crippen LogP contribution in [-0.2, 0) is 11.8 Å². The van der Waals surface area contributed by atoms with E-state index in [-0.39, 0.29) is 12.1 Å². The van der Waals surface area contributed by atoms with Gasteiger partial charge in [0.1, 0.15) is 0 Å². The average Bonchev–Trinajstić information content (AvgIpc) is 2.99. The molecule has 0 aromatic carbocycles. The molecule has 2 saturated heterocycles. The molecule has 3 unspecified atom stereocenters. The van der Waals surface area contributed by atoms with E-state index in [1.807, 2.05) is 25.0 Å². The molecule has 18 heavy (non-hydrogen) atoms. The fraction of sp³-hybridized carbons (Fsp3) is 0.769. The number of nitrogens with one attached hydrogen (secondary N) is 1. The van der Waals surface area contributed by atoms with Gasteiger partial charge in [-0.2, -0.15) is 5.10 Å². The minimum atomic E-state index is 0.230. The molecular formula is C13H22N4O. The minimum Gasteiger partial charge on any atom is -0.373 e. The highest BCUT2D eigenvalue weighted by molar-refractivity contribution is 5.13. The van der Waals surface area contributed by atoms with E-state index in [1.165, 1.54) is 24.9 Å². The quantitative estimate of drug-likeness (QED) is 0.850. The summed E-state index contributed by atoms with van der Waals surface area (Å²) in [5, 5.41) is 7.63. The number of nitrogens with zero attached hydrogens (tertiary/aromatic N) is 3. The third-order valence-corrected chi connectivity index (χ3v) is 4.18. The van der Waals surface area contributed by atoms with E-state index in [2.05, 4.69) is 21.5 Å². The maximum atomic E-state index is 6.07. The normalized spacial score (nSPS) is 30.3. The van der Waals surface area contributed by atoms with Crippen molar-refractivity contribution in [3.05, 3.63) is 18.0 Å². The molecule has 5 heteroatoms. The Hall–Kier alpha value is -0.910. The van der Waals surface area contributed by atoms with Crippen molar-refractivity contribution in [2.75, 3.05) is 26.7 Å². The summed E-state index contributed by atoms with van der Waals surface area (Å²) in [6, 6.07) is 0.896. The zero-order valence-electron chi connectivity index (χ0n) is 11.2. The summed E-state index contributed by atoms with van der Waals surface area (Å²) in [4.78, 5) is 2.58. The lowest BCUT2D eigenvalue weighted by Gasteiger charge is -2.38. The summed E-state index contributed by atoms with van der Waals surface area (Å²) in [6.07, 6.45) is 6.84. The highest BCUT2D eigenvalue weighted by Gasteiger charge is 2.36. The van der Waals surface area contributed by atoms with E-state index < -0.39 is 0 Å². The first-order valence-electron chi connectivity index (χ1n) is 6.79. The van der Waals surface area contributed by atoms with Gasteiger partial charge in [0.25, 0.3) is 0 Å². The number of morpholine rings is 1. The van der Waals surface area contributed by atoms with Crippen molar-refractivity contribution in [2.24, 2.45) is 7.05 Å². The SMILES string of the molecule is CNC(c1cnn(C)c1)C1CN2CCCC2CO1. The van der Waals surface area contributed by atoms with Gasteiger partial charge in [0.05, 0.1) is 24.9 Å². The molecule has 0 radical (unpaired) electrons. The second-order valence-electron chi connectivity index (χ2n) is 5.38. The van der Waals surface area contributed by atoms with E-state index in [1.54, 1.807) is 0 Å². The number of ether oxygens (including phenoxy) is 1. The molecule has 100 valence electrons. The van der Waals surface area contributed by atoms with Gasteiger partial charge < -0.3 is 10.1 Å². The lowest BCUT2D eigenvalue weighted by Crippen LogP contribution is -2.50. The van der Waals surface area contributed by atoms with Crippen LogP contribution in [0.1, 0.15) is 24.4 Å². The number of aromatic nitrogens is 2. The molecule has 3 rings (SSSR count). The first-order valence-corrected chi connectivity index (χ1v) is 6.79. The summed E-state index contributed by atoms with van der Waals surface area (Å²) in [7, 11) is 3.95. The van der Waals surface area contributed by atoms with E-state index in [9.17, 15) is 0 Å². The first kappa shape index (κ1) is 12.1. The van der Waals surface area contributed by atoms with Crippen LogP contribution in [0.5, 0.6) is 0 Å². The van der Waals surface area contributed by atoms with Crippen LogP contribution in [0.15, 0.2) is 12.4 Å². The summed E-state index contributed by atoms with van der Waals surface area (Å²) in [5.74, 6) is 0.